The molecule has 1 aromatic heterocycles. The molecule has 0 bridgehead atoms. The predicted molar refractivity (Wildman–Crippen MR) is 118 cm³/mol. The molecular formula is C26H19NO3. The molecule has 0 aliphatic heterocycles. The molecule has 1 N–H and O–H groups in total. The molecule has 4 aromatic rings. The third-order valence-corrected chi connectivity index (χ3v) is 5.33. The van der Waals surface area contributed by atoms with Crippen LogP contribution >= 0.6 is 0 Å². The van der Waals surface area contributed by atoms with Crippen molar-refractivity contribution < 1.29 is 14.6 Å². The van der Waals surface area contributed by atoms with E-state index in [1.54, 1.807) is 0 Å². The Morgan fingerprint density at radius 3 is 2.50 bits per heavy atom. The Morgan fingerprint density at radius 1 is 0.900 bits per heavy atom. The van der Waals surface area contributed by atoms with Crippen molar-refractivity contribution in [1.82, 2.24) is 4.98 Å². The standard InChI is InChI=1S/C26H19NO3/c28-26(29)24-21-11-4-5-12-23(21)27-25-18(13-14-22(24)25)15-17-7-6-10-20(16-17)30-19-8-2-1-3-9-19/h1-12,15-16H,13-14H2,(H,28,29)/b18-15-. The first-order valence-corrected chi connectivity index (χ1v) is 9.88. The van der Waals surface area contributed by atoms with Gasteiger partial charge in [0.25, 0.3) is 0 Å². The molecule has 1 heterocycles. The molecule has 5 rings (SSSR count). The Bertz CT molecular complexity index is 1290. The van der Waals surface area contributed by atoms with Crippen molar-refractivity contribution in [1.29, 1.82) is 0 Å². The molecule has 0 spiro atoms. The van der Waals surface area contributed by atoms with E-state index >= 15 is 0 Å². The van der Waals surface area contributed by atoms with Gasteiger partial charge in [-0.15, -0.1) is 0 Å². The summed E-state index contributed by atoms with van der Waals surface area (Å²) in [6.45, 7) is 0. The number of pyridine rings is 1. The van der Waals surface area contributed by atoms with Gasteiger partial charge in [0.2, 0.25) is 0 Å². The van der Waals surface area contributed by atoms with Crippen LogP contribution in [0.4, 0.5) is 0 Å². The lowest BCUT2D eigenvalue weighted by Crippen LogP contribution is -2.05. The average molecular weight is 393 g/mol. The summed E-state index contributed by atoms with van der Waals surface area (Å²) < 4.78 is 5.94. The van der Waals surface area contributed by atoms with Gasteiger partial charge in [-0.25, -0.2) is 9.78 Å². The molecule has 4 heteroatoms. The minimum Gasteiger partial charge on any atom is -0.478 e. The van der Waals surface area contributed by atoms with Gasteiger partial charge in [-0.1, -0.05) is 48.5 Å². The smallest absolute Gasteiger partial charge is 0.336 e. The molecule has 0 saturated carbocycles. The molecule has 1 aliphatic rings. The van der Waals surface area contributed by atoms with Crippen molar-refractivity contribution >= 4 is 28.5 Å². The zero-order chi connectivity index (χ0) is 20.5. The van der Waals surface area contributed by atoms with Gasteiger partial charge in [0.05, 0.1) is 16.8 Å². The second kappa shape index (κ2) is 7.48. The van der Waals surface area contributed by atoms with Crippen molar-refractivity contribution in [3.05, 3.63) is 101 Å². The summed E-state index contributed by atoms with van der Waals surface area (Å²) in [7, 11) is 0. The van der Waals surface area contributed by atoms with E-state index in [9.17, 15) is 9.90 Å². The zero-order valence-corrected chi connectivity index (χ0v) is 16.2. The number of carbonyl (C=O) groups is 1. The van der Waals surface area contributed by atoms with Crippen LogP contribution in [-0.2, 0) is 6.42 Å². The number of hydrogen-bond acceptors (Lipinski definition) is 3. The Hall–Kier alpha value is -3.92. The highest BCUT2D eigenvalue weighted by Gasteiger charge is 2.26. The Labute approximate surface area is 174 Å². The van der Waals surface area contributed by atoms with Gasteiger partial charge in [-0.05, 0) is 65.9 Å². The average Bonchev–Trinajstić information content (AvgIpc) is 3.14. The lowest BCUT2D eigenvalue weighted by molar-refractivity contribution is 0.0698. The van der Waals surface area contributed by atoms with Crippen LogP contribution < -0.4 is 4.74 Å². The molecule has 0 amide bonds. The number of allylic oxidation sites excluding steroid dienone is 1. The number of ether oxygens (including phenoxy) is 1. The summed E-state index contributed by atoms with van der Waals surface area (Å²) >= 11 is 0. The molecule has 0 saturated heterocycles. The summed E-state index contributed by atoms with van der Waals surface area (Å²) in [5.74, 6) is 0.642. The number of nitrogens with zero attached hydrogens (tertiary/aromatic N) is 1. The number of aromatic carboxylic acids is 1. The molecule has 0 atom stereocenters. The topological polar surface area (TPSA) is 59.4 Å². The van der Waals surface area contributed by atoms with Gasteiger partial charge in [0.15, 0.2) is 0 Å². The van der Waals surface area contributed by atoms with Crippen LogP contribution in [-0.4, -0.2) is 16.1 Å². The lowest BCUT2D eigenvalue weighted by atomic mass is 10.0. The Kier molecular flexibility index (Phi) is 4.52. The van der Waals surface area contributed by atoms with Crippen LogP contribution in [0.25, 0.3) is 22.6 Å². The van der Waals surface area contributed by atoms with Gasteiger partial charge in [0, 0.05) is 5.39 Å². The maximum absolute atomic E-state index is 12.0. The van der Waals surface area contributed by atoms with Gasteiger partial charge < -0.3 is 9.84 Å². The number of fused-ring (bicyclic) bond motifs is 2. The quantitative estimate of drug-likeness (QED) is 0.448. The minimum absolute atomic E-state index is 0.375. The monoisotopic (exact) mass is 393 g/mol. The van der Waals surface area contributed by atoms with E-state index in [4.69, 9.17) is 9.72 Å². The van der Waals surface area contributed by atoms with Crippen molar-refractivity contribution in [2.75, 3.05) is 0 Å². The molecule has 1 aliphatic carbocycles. The van der Waals surface area contributed by atoms with Crippen molar-refractivity contribution in [3.8, 4) is 11.5 Å². The first-order chi connectivity index (χ1) is 14.7. The van der Waals surface area contributed by atoms with E-state index in [0.717, 1.165) is 40.3 Å². The number of para-hydroxylation sites is 2. The fraction of sp³-hybridized carbons (Fsp3) is 0.0769. The zero-order valence-electron chi connectivity index (χ0n) is 16.2. The number of benzene rings is 3. The van der Waals surface area contributed by atoms with Crippen LogP contribution in [0.5, 0.6) is 11.5 Å². The normalized spacial score (nSPS) is 14.1. The third-order valence-electron chi connectivity index (χ3n) is 5.33. The highest BCUT2D eigenvalue weighted by atomic mass is 16.5. The highest BCUT2D eigenvalue weighted by molar-refractivity contribution is 6.06. The van der Waals surface area contributed by atoms with Crippen LogP contribution in [0.2, 0.25) is 0 Å². The largest absolute Gasteiger partial charge is 0.478 e. The maximum atomic E-state index is 12.0. The van der Waals surface area contributed by atoms with E-state index in [-0.39, 0.29) is 0 Å². The molecule has 0 fully saturated rings. The van der Waals surface area contributed by atoms with E-state index in [2.05, 4.69) is 6.08 Å². The second-order valence-electron chi connectivity index (χ2n) is 7.29. The number of aromatic nitrogens is 1. The molecular weight excluding hydrogens is 374 g/mol. The summed E-state index contributed by atoms with van der Waals surface area (Å²) in [5.41, 5.74) is 4.75. The van der Waals surface area contributed by atoms with Crippen molar-refractivity contribution in [2.45, 2.75) is 12.8 Å². The summed E-state index contributed by atoms with van der Waals surface area (Å²) in [4.78, 5) is 16.8. The SMILES string of the molecule is O=C(O)c1c2c(nc3ccccc13)/C(=C\c1cccc(Oc3ccccc3)c1)CC2. The molecule has 0 unspecified atom stereocenters. The van der Waals surface area contributed by atoms with Gasteiger partial charge >= 0.3 is 5.97 Å². The minimum atomic E-state index is -0.899. The Morgan fingerprint density at radius 2 is 1.67 bits per heavy atom. The number of hydrogen-bond donors (Lipinski definition) is 1. The number of rotatable bonds is 4. The molecule has 146 valence electrons. The van der Waals surface area contributed by atoms with Crippen LogP contribution in [0.3, 0.4) is 0 Å². The molecule has 4 nitrogen and oxygen atoms in total. The third kappa shape index (κ3) is 3.33. The van der Waals surface area contributed by atoms with Gasteiger partial charge in [0.1, 0.15) is 11.5 Å². The molecule has 0 radical (unpaired) electrons. The van der Waals surface area contributed by atoms with E-state index < -0.39 is 5.97 Å². The van der Waals surface area contributed by atoms with E-state index in [0.29, 0.717) is 22.9 Å². The fourth-order valence-corrected chi connectivity index (χ4v) is 4.02. The maximum Gasteiger partial charge on any atom is 0.336 e. The van der Waals surface area contributed by atoms with Crippen LogP contribution in [0.1, 0.15) is 33.6 Å². The fourth-order valence-electron chi connectivity index (χ4n) is 4.02. The van der Waals surface area contributed by atoms with Gasteiger partial charge in [-0.2, -0.15) is 0 Å². The summed E-state index contributed by atoms with van der Waals surface area (Å²) in [5, 5.41) is 10.5. The number of carboxylic acid groups (broad SMARTS) is 1. The van der Waals surface area contributed by atoms with Crippen molar-refractivity contribution in [3.63, 3.8) is 0 Å². The molecule has 3 aromatic carbocycles. The van der Waals surface area contributed by atoms with Crippen LogP contribution in [0, 0.1) is 0 Å². The summed E-state index contributed by atoms with van der Waals surface area (Å²) in [6.07, 6.45) is 3.53. The lowest BCUT2D eigenvalue weighted by Gasteiger charge is -2.09. The van der Waals surface area contributed by atoms with Crippen LogP contribution in [0.15, 0.2) is 78.9 Å². The first-order valence-electron chi connectivity index (χ1n) is 9.88. The van der Waals surface area contributed by atoms with Gasteiger partial charge in [-0.3, -0.25) is 0 Å². The predicted octanol–water partition coefficient (Wildman–Crippen LogP) is 6.21. The number of carboxylic acids is 1. The van der Waals surface area contributed by atoms with Crippen molar-refractivity contribution in [2.24, 2.45) is 0 Å². The molecule has 30 heavy (non-hydrogen) atoms. The highest BCUT2D eigenvalue weighted by Crippen LogP contribution is 2.37. The Balaban J connectivity index is 1.55. The van der Waals surface area contributed by atoms with E-state index in [1.165, 1.54) is 0 Å². The summed E-state index contributed by atoms with van der Waals surface area (Å²) in [6, 6.07) is 25.0. The first kappa shape index (κ1) is 18.1. The second-order valence-corrected chi connectivity index (χ2v) is 7.29. The van der Waals surface area contributed by atoms with E-state index in [1.807, 2.05) is 78.9 Å².